The molecule has 0 spiro atoms. The van der Waals surface area contributed by atoms with Gasteiger partial charge in [-0.05, 0) is 24.3 Å². The van der Waals surface area contributed by atoms with E-state index in [0.29, 0.717) is 0 Å². The molecule has 10 heteroatoms. The average molecular weight is 388 g/mol. The van der Waals surface area contributed by atoms with Crippen LogP contribution >= 0.6 is 0 Å². The number of ether oxygens (including phenoxy) is 4. The summed E-state index contributed by atoms with van der Waals surface area (Å²) >= 11 is 0. The van der Waals surface area contributed by atoms with Crippen LogP contribution in [-0.4, -0.2) is 32.8 Å². The molecule has 0 heterocycles. The molecule has 2 rings (SSSR count). The van der Waals surface area contributed by atoms with E-state index in [1.54, 1.807) is 0 Å². The fourth-order valence-electron chi connectivity index (χ4n) is 2.09. The van der Waals surface area contributed by atoms with E-state index in [2.05, 4.69) is 9.47 Å². The minimum absolute atomic E-state index is 0.129. The van der Waals surface area contributed by atoms with Crippen LogP contribution in [0.5, 0.6) is 23.0 Å². The molecule has 0 unspecified atom stereocenters. The van der Waals surface area contributed by atoms with Crippen molar-refractivity contribution in [2.75, 3.05) is 14.2 Å². The van der Waals surface area contributed by atoms with Crippen LogP contribution in [0.1, 0.15) is 20.7 Å². The number of hydrogen-bond donors (Lipinski definition) is 0. The van der Waals surface area contributed by atoms with E-state index in [0.717, 1.165) is 44.6 Å². The summed E-state index contributed by atoms with van der Waals surface area (Å²) in [6.07, 6.45) is -4.70. The summed E-state index contributed by atoms with van der Waals surface area (Å²) in [5.74, 6) is -3.47. The zero-order valence-corrected chi connectivity index (χ0v) is 13.9. The molecule has 0 N–H and O–H groups in total. The molecule has 27 heavy (non-hydrogen) atoms. The van der Waals surface area contributed by atoms with Gasteiger partial charge >= 0.3 is 12.3 Å². The molecule has 0 saturated heterocycles. The minimum atomic E-state index is -4.90. The maximum atomic E-state index is 14.3. The molecule has 0 aliphatic carbocycles. The number of esters is 1. The van der Waals surface area contributed by atoms with E-state index < -0.39 is 35.0 Å². The highest BCUT2D eigenvalue weighted by Crippen LogP contribution is 2.38. The van der Waals surface area contributed by atoms with Gasteiger partial charge in [0, 0.05) is 6.07 Å². The molecular formula is C17H12F4O6. The molecule has 144 valence electrons. The SMILES string of the molecule is COC(=O)c1c(Oc2ccc(OC(F)(F)F)cc2OC)ccc(C=O)c1F. The Labute approximate surface area is 150 Å². The summed E-state index contributed by atoms with van der Waals surface area (Å²) in [7, 11) is 2.17. The van der Waals surface area contributed by atoms with Crippen molar-refractivity contribution in [3.05, 3.63) is 47.3 Å². The van der Waals surface area contributed by atoms with Crippen molar-refractivity contribution in [3.63, 3.8) is 0 Å². The number of carbonyl (C=O) groups excluding carboxylic acids is 2. The van der Waals surface area contributed by atoms with Crippen LogP contribution in [0.25, 0.3) is 0 Å². The molecule has 0 bridgehead atoms. The van der Waals surface area contributed by atoms with Crippen molar-refractivity contribution in [1.82, 2.24) is 0 Å². The van der Waals surface area contributed by atoms with Crippen molar-refractivity contribution in [3.8, 4) is 23.0 Å². The van der Waals surface area contributed by atoms with Crippen LogP contribution in [0, 0.1) is 5.82 Å². The van der Waals surface area contributed by atoms with Crippen LogP contribution in [0.4, 0.5) is 17.6 Å². The molecule has 0 aliphatic rings. The highest BCUT2D eigenvalue weighted by molar-refractivity contribution is 5.95. The smallest absolute Gasteiger partial charge is 0.493 e. The number of alkyl halides is 3. The third-order valence-corrected chi connectivity index (χ3v) is 3.24. The van der Waals surface area contributed by atoms with Gasteiger partial charge in [-0.1, -0.05) is 0 Å². The van der Waals surface area contributed by atoms with Gasteiger partial charge in [0.25, 0.3) is 0 Å². The lowest BCUT2D eigenvalue weighted by Gasteiger charge is -2.15. The van der Waals surface area contributed by atoms with E-state index in [4.69, 9.17) is 9.47 Å². The molecule has 0 aliphatic heterocycles. The van der Waals surface area contributed by atoms with E-state index in [9.17, 15) is 27.2 Å². The highest BCUT2D eigenvalue weighted by atomic mass is 19.4. The Hall–Kier alpha value is -3.30. The van der Waals surface area contributed by atoms with Crippen molar-refractivity contribution < 1.29 is 46.1 Å². The summed E-state index contributed by atoms with van der Waals surface area (Å²) in [4.78, 5) is 22.7. The van der Waals surface area contributed by atoms with Crippen molar-refractivity contribution in [2.24, 2.45) is 0 Å². The predicted molar refractivity (Wildman–Crippen MR) is 82.9 cm³/mol. The summed E-state index contributed by atoms with van der Waals surface area (Å²) in [6, 6.07) is 5.12. The van der Waals surface area contributed by atoms with Gasteiger partial charge in [0.05, 0.1) is 19.8 Å². The third-order valence-electron chi connectivity index (χ3n) is 3.24. The van der Waals surface area contributed by atoms with Gasteiger partial charge in [-0.2, -0.15) is 0 Å². The zero-order chi connectivity index (χ0) is 20.2. The second-order valence-electron chi connectivity index (χ2n) is 4.91. The van der Waals surface area contributed by atoms with Crippen molar-refractivity contribution in [2.45, 2.75) is 6.36 Å². The number of halogens is 4. The Morgan fingerprint density at radius 3 is 2.26 bits per heavy atom. The van der Waals surface area contributed by atoms with Gasteiger partial charge < -0.3 is 18.9 Å². The molecule has 0 fully saturated rings. The minimum Gasteiger partial charge on any atom is -0.493 e. The van der Waals surface area contributed by atoms with Gasteiger partial charge in [0.2, 0.25) is 0 Å². The number of rotatable bonds is 6. The lowest BCUT2D eigenvalue weighted by atomic mass is 10.1. The van der Waals surface area contributed by atoms with Gasteiger partial charge in [0.15, 0.2) is 23.6 Å². The third kappa shape index (κ3) is 4.66. The Morgan fingerprint density at radius 2 is 1.70 bits per heavy atom. The topological polar surface area (TPSA) is 71.1 Å². The number of carbonyl (C=O) groups is 2. The second kappa shape index (κ2) is 7.94. The highest BCUT2D eigenvalue weighted by Gasteiger charge is 2.31. The first-order chi connectivity index (χ1) is 12.7. The molecule has 6 nitrogen and oxygen atoms in total. The largest absolute Gasteiger partial charge is 0.573 e. The lowest BCUT2D eigenvalue weighted by molar-refractivity contribution is -0.274. The van der Waals surface area contributed by atoms with Crippen LogP contribution in [-0.2, 0) is 4.74 Å². The molecule has 0 radical (unpaired) electrons. The second-order valence-corrected chi connectivity index (χ2v) is 4.91. The summed E-state index contributed by atoms with van der Waals surface area (Å²) < 4.78 is 69.8. The number of hydrogen-bond acceptors (Lipinski definition) is 6. The van der Waals surface area contributed by atoms with Crippen LogP contribution in [0.15, 0.2) is 30.3 Å². The average Bonchev–Trinajstić information content (AvgIpc) is 2.61. The molecule has 0 atom stereocenters. The maximum Gasteiger partial charge on any atom is 0.573 e. The lowest BCUT2D eigenvalue weighted by Crippen LogP contribution is -2.17. The van der Waals surface area contributed by atoms with Crippen molar-refractivity contribution >= 4 is 12.3 Å². The Kier molecular flexibility index (Phi) is 5.88. The summed E-state index contributed by atoms with van der Waals surface area (Å²) in [6.45, 7) is 0. The zero-order valence-electron chi connectivity index (χ0n) is 13.9. The Balaban J connectivity index is 2.46. The number of methoxy groups -OCH3 is 2. The molecule has 2 aromatic carbocycles. The summed E-state index contributed by atoms with van der Waals surface area (Å²) in [5.41, 5.74) is -1.05. The molecule has 0 saturated carbocycles. The fourth-order valence-corrected chi connectivity index (χ4v) is 2.09. The Morgan fingerprint density at radius 1 is 1.04 bits per heavy atom. The molecule has 0 aromatic heterocycles. The standard InChI is InChI=1S/C17H12F4O6/c1-24-13-7-10(27-17(19,20)21)4-6-11(13)26-12-5-3-9(8-22)15(18)14(12)16(23)25-2/h3-8H,1-2H3. The van der Waals surface area contributed by atoms with Crippen LogP contribution in [0.3, 0.4) is 0 Å². The van der Waals surface area contributed by atoms with Gasteiger partial charge in [-0.15, -0.1) is 13.2 Å². The Bertz CT molecular complexity index is 863. The predicted octanol–water partition coefficient (Wildman–Crippen LogP) is 4.12. The molecule has 2 aromatic rings. The van der Waals surface area contributed by atoms with Gasteiger partial charge in [-0.25, -0.2) is 9.18 Å². The van der Waals surface area contributed by atoms with Crippen LogP contribution < -0.4 is 14.2 Å². The normalized spacial score (nSPS) is 10.9. The van der Waals surface area contributed by atoms with E-state index >= 15 is 0 Å². The first kappa shape index (κ1) is 20.0. The molecular weight excluding hydrogens is 376 g/mol. The monoisotopic (exact) mass is 388 g/mol. The number of aldehydes is 1. The van der Waals surface area contributed by atoms with Crippen LogP contribution in [0.2, 0.25) is 0 Å². The van der Waals surface area contributed by atoms with Gasteiger partial charge in [-0.3, -0.25) is 4.79 Å². The number of benzene rings is 2. The fraction of sp³-hybridized carbons (Fsp3) is 0.176. The van der Waals surface area contributed by atoms with E-state index in [1.807, 2.05) is 0 Å². The quantitative estimate of drug-likeness (QED) is 0.421. The first-order valence-electron chi connectivity index (χ1n) is 7.17. The van der Waals surface area contributed by atoms with E-state index in [-0.39, 0.29) is 23.5 Å². The first-order valence-corrected chi connectivity index (χ1v) is 7.17. The van der Waals surface area contributed by atoms with Crippen molar-refractivity contribution in [1.29, 1.82) is 0 Å². The maximum absolute atomic E-state index is 14.3. The summed E-state index contributed by atoms with van der Waals surface area (Å²) in [5, 5.41) is 0. The van der Waals surface area contributed by atoms with E-state index in [1.165, 1.54) is 0 Å². The van der Waals surface area contributed by atoms with Gasteiger partial charge in [0.1, 0.15) is 17.1 Å². The molecule has 0 amide bonds.